The molecule has 3 saturated carbocycles. The summed E-state index contributed by atoms with van der Waals surface area (Å²) in [6, 6.07) is 1.22. The fourth-order valence-electron chi connectivity index (χ4n) is 9.65. The van der Waals surface area contributed by atoms with Crippen molar-refractivity contribution in [1.82, 2.24) is 25.3 Å². The highest BCUT2D eigenvalue weighted by Gasteiger charge is 2.57. The first kappa shape index (κ1) is 29.2. The Kier molecular flexibility index (Phi) is 8.93. The van der Waals surface area contributed by atoms with Crippen molar-refractivity contribution in [2.24, 2.45) is 17.8 Å². The molecule has 1 amide bonds. The number of hydrogen-bond acceptors (Lipinski definition) is 8. The van der Waals surface area contributed by atoms with E-state index in [1.807, 2.05) is 6.20 Å². The Morgan fingerprint density at radius 2 is 1.76 bits per heavy atom. The average molecular weight is 584 g/mol. The summed E-state index contributed by atoms with van der Waals surface area (Å²) in [5.74, 6) is 1.18. The lowest BCUT2D eigenvalue weighted by atomic mass is 9.65. The molecule has 0 aromatic heterocycles. The van der Waals surface area contributed by atoms with E-state index in [4.69, 9.17) is 9.47 Å². The number of rotatable bonds is 8. The lowest BCUT2D eigenvalue weighted by Gasteiger charge is -2.60. The smallest absolute Gasteiger partial charge is 0.256 e. The van der Waals surface area contributed by atoms with E-state index < -0.39 is 0 Å². The standard InChI is InChI=1S/C33H53N5O4/c1-22-5-4-12-37(22)14-11-34-27-9-8-25-30-32(27)42-29-20-24-7-3-2-6-23(24)19-28(29)38(30)21-26(31(25)39)33(40)35-10-13-36-15-17-41-18-16-36/h21-25,27-30,32,34H,2-20H2,1H3,(H,35,40). The largest absolute Gasteiger partial charge is 0.379 e. The van der Waals surface area contributed by atoms with Crippen LogP contribution in [0.3, 0.4) is 0 Å². The maximum Gasteiger partial charge on any atom is 0.256 e. The number of Topliss-reactive ketones (excluding diaryl/α,β-unsaturated/α-hetero) is 1. The lowest BCUT2D eigenvalue weighted by molar-refractivity contribution is -0.200. The van der Waals surface area contributed by atoms with Gasteiger partial charge in [-0.3, -0.25) is 19.4 Å². The number of carbonyl (C=O) groups is 2. The van der Waals surface area contributed by atoms with Crippen LogP contribution in [-0.4, -0.2) is 122 Å². The monoisotopic (exact) mass is 583 g/mol. The molecule has 3 aliphatic carbocycles. The van der Waals surface area contributed by atoms with Gasteiger partial charge in [-0.1, -0.05) is 25.7 Å². The van der Waals surface area contributed by atoms with E-state index in [1.165, 1.54) is 45.1 Å². The molecular weight excluding hydrogens is 530 g/mol. The van der Waals surface area contributed by atoms with Crippen LogP contribution in [0.2, 0.25) is 0 Å². The Balaban J connectivity index is 1.08. The van der Waals surface area contributed by atoms with Crippen LogP contribution < -0.4 is 10.6 Å². The van der Waals surface area contributed by atoms with Gasteiger partial charge in [-0.25, -0.2) is 0 Å². The van der Waals surface area contributed by atoms with Crippen molar-refractivity contribution in [2.45, 2.75) is 108 Å². The molecule has 4 aliphatic heterocycles. The highest BCUT2D eigenvalue weighted by Crippen LogP contribution is 2.49. The number of fused-ring (bicyclic) bond motifs is 3. The minimum atomic E-state index is -0.197. The molecule has 9 heteroatoms. The van der Waals surface area contributed by atoms with E-state index in [0.29, 0.717) is 18.2 Å². The molecule has 0 radical (unpaired) electrons. The van der Waals surface area contributed by atoms with Crippen LogP contribution in [0, 0.1) is 17.8 Å². The second-order valence-electron chi connectivity index (χ2n) is 14.3. The zero-order chi connectivity index (χ0) is 28.6. The van der Waals surface area contributed by atoms with Gasteiger partial charge in [-0.2, -0.15) is 0 Å². The number of morpholine rings is 2. The molecule has 7 aliphatic rings. The number of likely N-dealkylation sites (tertiary alicyclic amines) is 1. The molecular formula is C33H53N5O4. The molecule has 0 aromatic rings. The molecule has 234 valence electrons. The van der Waals surface area contributed by atoms with Gasteiger partial charge in [0, 0.05) is 63.5 Å². The molecule has 0 aromatic carbocycles. The molecule has 9 atom stereocenters. The summed E-state index contributed by atoms with van der Waals surface area (Å²) in [7, 11) is 0. The number of carbonyl (C=O) groups excluding carboxylic acids is 2. The average Bonchev–Trinajstić information content (AvgIpc) is 3.42. The molecule has 6 fully saturated rings. The Bertz CT molecular complexity index is 1020. The summed E-state index contributed by atoms with van der Waals surface area (Å²) in [5.41, 5.74) is 0.373. The first-order chi connectivity index (χ1) is 20.6. The van der Waals surface area contributed by atoms with Crippen molar-refractivity contribution in [3.63, 3.8) is 0 Å². The summed E-state index contributed by atoms with van der Waals surface area (Å²) in [5, 5.41) is 7.00. The molecule has 9 unspecified atom stereocenters. The minimum Gasteiger partial charge on any atom is -0.379 e. The van der Waals surface area contributed by atoms with E-state index in [0.717, 1.165) is 83.5 Å². The van der Waals surface area contributed by atoms with Crippen LogP contribution in [0.4, 0.5) is 0 Å². The second kappa shape index (κ2) is 12.8. The number of ether oxygens (including phenoxy) is 2. The van der Waals surface area contributed by atoms with Gasteiger partial charge in [0.05, 0.1) is 43.1 Å². The summed E-state index contributed by atoms with van der Waals surface area (Å²) < 4.78 is 12.5. The SMILES string of the molecule is CC1CCCN1CCNC1CCC2C(=O)C(C(=O)NCCN3CCOCC3)=CN3C4CC5CCCCC5CC4OC1C23. The molecule has 7 rings (SSSR count). The summed E-state index contributed by atoms with van der Waals surface area (Å²) >= 11 is 0. The van der Waals surface area contributed by atoms with Crippen molar-refractivity contribution in [1.29, 1.82) is 0 Å². The third-order valence-corrected chi connectivity index (χ3v) is 12.0. The fraction of sp³-hybridized carbons (Fsp3) is 0.879. The Morgan fingerprint density at radius 3 is 2.55 bits per heavy atom. The van der Waals surface area contributed by atoms with Crippen molar-refractivity contribution in [3.05, 3.63) is 11.8 Å². The second-order valence-corrected chi connectivity index (χ2v) is 14.3. The summed E-state index contributed by atoms with van der Waals surface area (Å²) in [6.45, 7) is 10.2. The predicted molar refractivity (Wildman–Crippen MR) is 161 cm³/mol. The van der Waals surface area contributed by atoms with E-state index in [1.54, 1.807) is 0 Å². The number of hydrogen-bond donors (Lipinski definition) is 2. The Hall–Kier alpha value is -1.52. The van der Waals surface area contributed by atoms with Crippen LogP contribution in [-0.2, 0) is 19.1 Å². The van der Waals surface area contributed by atoms with Crippen molar-refractivity contribution in [3.8, 4) is 0 Å². The summed E-state index contributed by atoms with van der Waals surface area (Å²) in [6.07, 6.45) is 14.1. The third-order valence-electron chi connectivity index (χ3n) is 12.0. The van der Waals surface area contributed by atoms with Gasteiger partial charge in [0.15, 0.2) is 5.78 Å². The van der Waals surface area contributed by atoms with Crippen molar-refractivity contribution in [2.75, 3.05) is 59.0 Å². The first-order valence-corrected chi connectivity index (χ1v) is 17.3. The van der Waals surface area contributed by atoms with Gasteiger partial charge >= 0.3 is 0 Å². The van der Waals surface area contributed by atoms with E-state index >= 15 is 0 Å². The van der Waals surface area contributed by atoms with Crippen LogP contribution in [0.5, 0.6) is 0 Å². The quantitative estimate of drug-likeness (QED) is 0.421. The maximum atomic E-state index is 14.0. The number of ketones is 1. The van der Waals surface area contributed by atoms with Crippen molar-refractivity contribution >= 4 is 11.7 Å². The van der Waals surface area contributed by atoms with E-state index in [2.05, 4.69) is 32.3 Å². The predicted octanol–water partition coefficient (Wildman–Crippen LogP) is 2.16. The third kappa shape index (κ3) is 5.81. The van der Waals surface area contributed by atoms with Crippen LogP contribution in [0.1, 0.15) is 71.1 Å². The number of amides is 1. The zero-order valence-corrected chi connectivity index (χ0v) is 25.7. The minimum absolute atomic E-state index is 0.00715. The topological polar surface area (TPSA) is 86.4 Å². The first-order valence-electron chi connectivity index (χ1n) is 17.3. The zero-order valence-electron chi connectivity index (χ0n) is 25.7. The Morgan fingerprint density at radius 1 is 0.952 bits per heavy atom. The van der Waals surface area contributed by atoms with Gasteiger partial charge in [0.1, 0.15) is 0 Å². The highest BCUT2D eigenvalue weighted by molar-refractivity contribution is 6.20. The molecule has 0 bridgehead atoms. The normalized spacial score (nSPS) is 40.6. The lowest BCUT2D eigenvalue weighted by Crippen LogP contribution is -2.71. The number of nitrogens with zero attached hydrogens (tertiary/aromatic N) is 3. The highest BCUT2D eigenvalue weighted by atomic mass is 16.5. The van der Waals surface area contributed by atoms with E-state index in [9.17, 15) is 9.59 Å². The molecule has 4 heterocycles. The maximum absolute atomic E-state index is 14.0. The molecule has 0 spiro atoms. The molecule has 9 nitrogen and oxygen atoms in total. The van der Waals surface area contributed by atoms with Crippen LogP contribution >= 0.6 is 0 Å². The van der Waals surface area contributed by atoms with Gasteiger partial charge in [0.2, 0.25) is 0 Å². The van der Waals surface area contributed by atoms with Gasteiger partial charge in [0.25, 0.3) is 5.91 Å². The number of nitrogens with one attached hydrogen (secondary N) is 2. The van der Waals surface area contributed by atoms with Gasteiger partial charge in [-0.05, 0) is 63.8 Å². The fourth-order valence-corrected chi connectivity index (χ4v) is 9.65. The van der Waals surface area contributed by atoms with E-state index in [-0.39, 0.29) is 47.9 Å². The summed E-state index contributed by atoms with van der Waals surface area (Å²) in [4.78, 5) is 34.9. The molecule has 42 heavy (non-hydrogen) atoms. The molecule has 2 N–H and O–H groups in total. The van der Waals surface area contributed by atoms with Crippen LogP contribution in [0.15, 0.2) is 11.8 Å². The Labute approximate surface area is 252 Å². The van der Waals surface area contributed by atoms with Crippen molar-refractivity contribution < 1.29 is 19.1 Å². The molecule has 3 saturated heterocycles. The van der Waals surface area contributed by atoms with Crippen LogP contribution in [0.25, 0.3) is 0 Å². The van der Waals surface area contributed by atoms with Gasteiger partial charge < -0.3 is 25.0 Å². The van der Waals surface area contributed by atoms with Gasteiger partial charge in [-0.15, -0.1) is 0 Å².